The van der Waals surface area contributed by atoms with E-state index in [0.29, 0.717) is 0 Å². The fourth-order valence-electron chi connectivity index (χ4n) is 2.52. The molecule has 0 spiro atoms. The third-order valence-electron chi connectivity index (χ3n) is 4.04. The van der Waals surface area contributed by atoms with Gasteiger partial charge in [0.25, 0.3) is 5.91 Å². The summed E-state index contributed by atoms with van der Waals surface area (Å²) in [7, 11) is -3.81. The molecule has 0 fully saturated rings. The maximum Gasteiger partial charge on any atom is 0.340 e. The molecule has 0 aromatic heterocycles. The Hall–Kier alpha value is -2.20. The first kappa shape index (κ1) is 24.1. The second-order valence-electron chi connectivity index (χ2n) is 5.98. The SMILES string of the molecule is CCN(CC)S(=O)(=O)c1ccc(Cl)c(C(=O)OCC(=O)Nc2ccc(F)cc2Cl)c1. The lowest BCUT2D eigenvalue weighted by Crippen LogP contribution is -2.30. The highest BCUT2D eigenvalue weighted by atomic mass is 35.5. The van der Waals surface area contributed by atoms with Crippen LogP contribution in [0.3, 0.4) is 0 Å². The second kappa shape index (κ2) is 10.2. The van der Waals surface area contributed by atoms with Crippen molar-refractivity contribution in [3.05, 3.63) is 57.8 Å². The number of carbonyl (C=O) groups excluding carboxylic acids is 2. The Bertz CT molecular complexity index is 1060. The predicted octanol–water partition coefficient (Wildman–Crippen LogP) is 3.96. The summed E-state index contributed by atoms with van der Waals surface area (Å²) in [6.45, 7) is 3.22. The van der Waals surface area contributed by atoms with E-state index in [1.807, 2.05) is 0 Å². The smallest absolute Gasteiger partial charge is 0.340 e. The molecule has 0 aliphatic heterocycles. The maximum absolute atomic E-state index is 13.1. The van der Waals surface area contributed by atoms with E-state index in [1.54, 1.807) is 13.8 Å². The molecule has 2 rings (SSSR count). The molecule has 0 aliphatic carbocycles. The first-order valence-electron chi connectivity index (χ1n) is 8.81. The van der Waals surface area contributed by atoms with E-state index in [2.05, 4.69) is 5.32 Å². The van der Waals surface area contributed by atoms with Gasteiger partial charge in [-0.3, -0.25) is 4.79 Å². The number of hydrogen-bond acceptors (Lipinski definition) is 5. The largest absolute Gasteiger partial charge is 0.452 e. The molecule has 0 heterocycles. The van der Waals surface area contributed by atoms with Gasteiger partial charge >= 0.3 is 5.97 Å². The molecule has 11 heteroatoms. The van der Waals surface area contributed by atoms with Crippen LogP contribution in [0.1, 0.15) is 24.2 Å². The standard InChI is InChI=1S/C19H19Cl2FN2O5S/c1-3-24(4-2)30(27,28)13-6-7-15(20)14(10-13)19(26)29-11-18(25)23-17-8-5-12(22)9-16(17)21/h5-10H,3-4,11H2,1-2H3,(H,23,25). The van der Waals surface area contributed by atoms with E-state index in [1.165, 1.54) is 22.5 Å². The van der Waals surface area contributed by atoms with Crippen molar-refractivity contribution in [1.82, 2.24) is 4.31 Å². The minimum atomic E-state index is -3.81. The first-order valence-corrected chi connectivity index (χ1v) is 11.0. The zero-order valence-corrected chi connectivity index (χ0v) is 18.4. The van der Waals surface area contributed by atoms with E-state index in [0.717, 1.165) is 18.2 Å². The number of benzene rings is 2. The monoisotopic (exact) mass is 476 g/mol. The third-order valence-corrected chi connectivity index (χ3v) is 6.73. The fourth-order valence-corrected chi connectivity index (χ4v) is 4.41. The molecular formula is C19H19Cl2FN2O5S. The third kappa shape index (κ3) is 5.69. The van der Waals surface area contributed by atoms with E-state index in [-0.39, 0.29) is 39.3 Å². The van der Waals surface area contributed by atoms with Gasteiger partial charge in [0.05, 0.1) is 26.2 Å². The molecular weight excluding hydrogens is 458 g/mol. The average molecular weight is 477 g/mol. The normalized spacial score (nSPS) is 11.4. The van der Waals surface area contributed by atoms with Gasteiger partial charge in [-0.25, -0.2) is 17.6 Å². The Kier molecular flexibility index (Phi) is 8.19. The molecule has 0 radical (unpaired) electrons. The number of sulfonamides is 1. The lowest BCUT2D eigenvalue weighted by atomic mass is 10.2. The van der Waals surface area contributed by atoms with Crippen LogP contribution in [-0.4, -0.2) is 44.3 Å². The molecule has 0 atom stereocenters. The van der Waals surface area contributed by atoms with Crippen LogP contribution in [0.5, 0.6) is 0 Å². The van der Waals surface area contributed by atoms with Crippen LogP contribution in [0.4, 0.5) is 10.1 Å². The number of nitrogens with zero attached hydrogens (tertiary/aromatic N) is 1. The number of carbonyl (C=O) groups is 2. The lowest BCUT2D eigenvalue weighted by Gasteiger charge is -2.19. The van der Waals surface area contributed by atoms with Crippen LogP contribution < -0.4 is 5.32 Å². The van der Waals surface area contributed by atoms with Gasteiger partial charge in [-0.05, 0) is 36.4 Å². The molecule has 2 aromatic carbocycles. The minimum Gasteiger partial charge on any atom is -0.452 e. The Balaban J connectivity index is 2.12. The van der Waals surface area contributed by atoms with Gasteiger partial charge in [-0.1, -0.05) is 37.0 Å². The highest BCUT2D eigenvalue weighted by Gasteiger charge is 2.24. The summed E-state index contributed by atoms with van der Waals surface area (Å²) in [6, 6.07) is 7.05. The number of rotatable bonds is 8. The van der Waals surface area contributed by atoms with Crippen molar-refractivity contribution in [1.29, 1.82) is 0 Å². The Morgan fingerprint density at radius 1 is 1.07 bits per heavy atom. The summed E-state index contributed by atoms with van der Waals surface area (Å²) in [5, 5.41) is 2.33. The van der Waals surface area contributed by atoms with Gasteiger partial charge in [0.15, 0.2) is 6.61 Å². The summed E-state index contributed by atoms with van der Waals surface area (Å²) >= 11 is 11.8. The molecule has 0 saturated carbocycles. The fraction of sp³-hybridized carbons (Fsp3) is 0.263. The maximum atomic E-state index is 13.1. The van der Waals surface area contributed by atoms with E-state index < -0.39 is 34.3 Å². The van der Waals surface area contributed by atoms with Gasteiger partial charge < -0.3 is 10.1 Å². The van der Waals surface area contributed by atoms with Crippen molar-refractivity contribution in [3.8, 4) is 0 Å². The molecule has 0 unspecified atom stereocenters. The summed E-state index contributed by atoms with van der Waals surface area (Å²) in [5.41, 5.74) is -0.0537. The van der Waals surface area contributed by atoms with Crippen LogP contribution in [0.25, 0.3) is 0 Å². The topological polar surface area (TPSA) is 92.8 Å². The number of amides is 1. The van der Waals surface area contributed by atoms with Crippen LogP contribution in [0.2, 0.25) is 10.0 Å². The van der Waals surface area contributed by atoms with Crippen LogP contribution in [0.15, 0.2) is 41.3 Å². The van der Waals surface area contributed by atoms with Gasteiger partial charge in [-0.2, -0.15) is 4.31 Å². The second-order valence-corrected chi connectivity index (χ2v) is 8.73. The molecule has 30 heavy (non-hydrogen) atoms. The van der Waals surface area contributed by atoms with Gasteiger partial charge in [0, 0.05) is 13.1 Å². The molecule has 2 aromatic rings. The summed E-state index contributed by atoms with van der Waals surface area (Å²) < 4.78 is 44.5. The summed E-state index contributed by atoms with van der Waals surface area (Å²) in [4.78, 5) is 24.2. The lowest BCUT2D eigenvalue weighted by molar-refractivity contribution is -0.119. The van der Waals surface area contributed by atoms with Crippen molar-refractivity contribution < 1.29 is 27.1 Å². The Morgan fingerprint density at radius 3 is 2.33 bits per heavy atom. The zero-order valence-electron chi connectivity index (χ0n) is 16.1. The number of esters is 1. The molecule has 0 bridgehead atoms. The van der Waals surface area contributed by atoms with Crippen molar-refractivity contribution in [3.63, 3.8) is 0 Å². The van der Waals surface area contributed by atoms with Crippen LogP contribution in [0, 0.1) is 5.82 Å². The Morgan fingerprint density at radius 2 is 1.73 bits per heavy atom. The number of anilines is 1. The average Bonchev–Trinajstić information content (AvgIpc) is 2.69. The number of halogens is 3. The molecule has 1 N–H and O–H groups in total. The van der Waals surface area contributed by atoms with Crippen molar-refractivity contribution in [2.75, 3.05) is 25.0 Å². The first-order chi connectivity index (χ1) is 14.1. The van der Waals surface area contributed by atoms with E-state index in [4.69, 9.17) is 27.9 Å². The van der Waals surface area contributed by atoms with Crippen LogP contribution >= 0.6 is 23.2 Å². The molecule has 162 valence electrons. The number of ether oxygens (including phenoxy) is 1. The summed E-state index contributed by atoms with van der Waals surface area (Å²) in [6.07, 6.45) is 0. The molecule has 7 nitrogen and oxygen atoms in total. The van der Waals surface area contributed by atoms with Crippen LogP contribution in [-0.2, 0) is 19.6 Å². The molecule has 1 amide bonds. The summed E-state index contributed by atoms with van der Waals surface area (Å²) in [5.74, 6) is -2.27. The molecule has 0 aliphatic rings. The molecule has 0 saturated heterocycles. The highest BCUT2D eigenvalue weighted by Crippen LogP contribution is 2.24. The van der Waals surface area contributed by atoms with Gasteiger partial charge in [0.1, 0.15) is 5.82 Å². The van der Waals surface area contributed by atoms with Crippen molar-refractivity contribution in [2.45, 2.75) is 18.7 Å². The van der Waals surface area contributed by atoms with Gasteiger partial charge in [0.2, 0.25) is 10.0 Å². The van der Waals surface area contributed by atoms with E-state index >= 15 is 0 Å². The zero-order chi connectivity index (χ0) is 22.5. The van der Waals surface area contributed by atoms with Gasteiger partial charge in [-0.15, -0.1) is 0 Å². The quantitative estimate of drug-likeness (QED) is 0.582. The number of hydrogen-bond donors (Lipinski definition) is 1. The van der Waals surface area contributed by atoms with Crippen molar-refractivity contribution >= 4 is 50.8 Å². The van der Waals surface area contributed by atoms with E-state index in [9.17, 15) is 22.4 Å². The minimum absolute atomic E-state index is 0.0213. The van der Waals surface area contributed by atoms with Crippen molar-refractivity contribution in [2.24, 2.45) is 0 Å². The predicted molar refractivity (Wildman–Crippen MR) is 112 cm³/mol. The highest BCUT2D eigenvalue weighted by molar-refractivity contribution is 7.89. The number of nitrogens with one attached hydrogen (secondary N) is 1. The Labute approximate surface area is 183 Å².